The van der Waals surface area contributed by atoms with Crippen LogP contribution in [0.1, 0.15) is 24.0 Å². The van der Waals surface area contributed by atoms with Crippen LogP contribution in [0.2, 0.25) is 0 Å². The molecule has 21 heavy (non-hydrogen) atoms. The fraction of sp³-hybridized carbons (Fsp3) is 0.375. The number of carbonyl (C=O) groups excluding carboxylic acids is 1. The summed E-state index contributed by atoms with van der Waals surface area (Å²) in [5, 5.41) is 11.8. The molecule has 1 aromatic rings. The summed E-state index contributed by atoms with van der Waals surface area (Å²) in [4.78, 5) is 12.0. The second kappa shape index (κ2) is 7.00. The lowest BCUT2D eigenvalue weighted by molar-refractivity contribution is -0.117. The maximum absolute atomic E-state index is 13.2. The Kier molecular flexibility index (Phi) is 5.07. The van der Waals surface area contributed by atoms with E-state index in [9.17, 15) is 9.18 Å². The van der Waals surface area contributed by atoms with Gasteiger partial charge in [0.25, 0.3) is 5.91 Å². The maximum Gasteiger partial charge on any atom is 0.262 e. The summed E-state index contributed by atoms with van der Waals surface area (Å²) >= 11 is 0. The Hall–Kier alpha value is -2.19. The fourth-order valence-corrected chi connectivity index (χ4v) is 2.18. The summed E-state index contributed by atoms with van der Waals surface area (Å²) in [6, 6.07) is 6.33. The third kappa shape index (κ3) is 4.14. The number of benzene rings is 1. The van der Waals surface area contributed by atoms with E-state index in [0.29, 0.717) is 17.7 Å². The van der Waals surface area contributed by atoms with Crippen molar-refractivity contribution in [1.29, 1.82) is 5.26 Å². The molecule has 110 valence electrons. The van der Waals surface area contributed by atoms with Gasteiger partial charge in [-0.15, -0.1) is 0 Å². The second-order valence-electron chi connectivity index (χ2n) is 5.02. The van der Waals surface area contributed by atoms with Crippen molar-refractivity contribution >= 4 is 12.0 Å². The minimum atomic E-state index is -0.435. The fourth-order valence-electron chi connectivity index (χ4n) is 2.18. The Morgan fingerprint density at radius 3 is 3.05 bits per heavy atom. The molecule has 1 amide bonds. The molecule has 1 saturated heterocycles. The van der Waals surface area contributed by atoms with Crippen molar-refractivity contribution in [3.05, 3.63) is 40.7 Å². The molecule has 0 radical (unpaired) electrons. The summed E-state index contributed by atoms with van der Waals surface area (Å²) in [6.07, 6.45) is 3.40. The molecule has 0 spiro atoms. The Balaban J connectivity index is 2.03. The van der Waals surface area contributed by atoms with E-state index in [1.165, 1.54) is 18.2 Å². The number of nitrogens with one attached hydrogen (secondary N) is 1. The minimum absolute atomic E-state index is 0.000921. The molecule has 4 nitrogen and oxygen atoms in total. The highest BCUT2D eigenvalue weighted by Gasteiger charge is 2.17. The normalized spacial score (nSPS) is 18.3. The Morgan fingerprint density at radius 1 is 1.62 bits per heavy atom. The highest BCUT2D eigenvalue weighted by molar-refractivity contribution is 6.01. The molecule has 0 unspecified atom stereocenters. The van der Waals surface area contributed by atoms with Crippen molar-refractivity contribution in [2.75, 3.05) is 13.2 Å². The van der Waals surface area contributed by atoms with Crippen LogP contribution in [0.25, 0.3) is 6.08 Å². The summed E-state index contributed by atoms with van der Waals surface area (Å²) < 4.78 is 18.6. The monoisotopic (exact) mass is 288 g/mol. The molecule has 2 rings (SSSR count). The van der Waals surface area contributed by atoms with E-state index in [0.717, 1.165) is 19.4 Å². The van der Waals surface area contributed by atoms with E-state index in [1.54, 1.807) is 13.0 Å². The second-order valence-corrected chi connectivity index (χ2v) is 5.02. The molecular formula is C16H17FN2O2. The molecule has 0 aromatic heterocycles. The summed E-state index contributed by atoms with van der Waals surface area (Å²) in [5.41, 5.74) is 1.09. The van der Waals surface area contributed by atoms with Gasteiger partial charge in [-0.25, -0.2) is 4.39 Å². The van der Waals surface area contributed by atoms with E-state index in [2.05, 4.69) is 5.32 Å². The molecule has 0 aliphatic carbocycles. The molecule has 1 aliphatic heterocycles. The van der Waals surface area contributed by atoms with Gasteiger partial charge in [-0.3, -0.25) is 4.79 Å². The van der Waals surface area contributed by atoms with Crippen LogP contribution in [0.4, 0.5) is 4.39 Å². The zero-order valence-electron chi connectivity index (χ0n) is 11.9. The van der Waals surface area contributed by atoms with Gasteiger partial charge in [-0.05, 0) is 49.1 Å². The molecule has 1 N–H and O–H groups in total. The van der Waals surface area contributed by atoms with E-state index < -0.39 is 5.91 Å². The highest BCUT2D eigenvalue weighted by Crippen LogP contribution is 2.13. The van der Waals surface area contributed by atoms with Gasteiger partial charge >= 0.3 is 0 Å². The van der Waals surface area contributed by atoms with Crippen molar-refractivity contribution in [3.63, 3.8) is 0 Å². The van der Waals surface area contributed by atoms with Crippen molar-refractivity contribution in [1.82, 2.24) is 5.32 Å². The average molecular weight is 288 g/mol. The zero-order chi connectivity index (χ0) is 15.2. The predicted molar refractivity (Wildman–Crippen MR) is 76.7 cm³/mol. The number of carbonyl (C=O) groups is 1. The van der Waals surface area contributed by atoms with Crippen molar-refractivity contribution < 1.29 is 13.9 Å². The largest absolute Gasteiger partial charge is 0.376 e. The molecule has 1 fully saturated rings. The Labute approximate surface area is 123 Å². The van der Waals surface area contributed by atoms with E-state index >= 15 is 0 Å². The maximum atomic E-state index is 13.2. The number of hydrogen-bond donors (Lipinski definition) is 1. The van der Waals surface area contributed by atoms with Crippen LogP contribution in [0.5, 0.6) is 0 Å². The molecule has 0 saturated carbocycles. The summed E-state index contributed by atoms with van der Waals surface area (Å²) in [6.45, 7) is 2.76. The highest BCUT2D eigenvalue weighted by atomic mass is 19.1. The average Bonchev–Trinajstić information content (AvgIpc) is 2.99. The van der Waals surface area contributed by atoms with Crippen molar-refractivity contribution in [2.45, 2.75) is 25.9 Å². The minimum Gasteiger partial charge on any atom is -0.376 e. The van der Waals surface area contributed by atoms with Crippen LogP contribution < -0.4 is 5.32 Å². The van der Waals surface area contributed by atoms with Crippen LogP contribution in [0.15, 0.2) is 23.8 Å². The molecule has 1 aromatic carbocycles. The lowest BCUT2D eigenvalue weighted by Crippen LogP contribution is -2.32. The van der Waals surface area contributed by atoms with Crippen LogP contribution in [-0.2, 0) is 9.53 Å². The number of nitrogens with zero attached hydrogens (tertiary/aromatic N) is 1. The van der Waals surface area contributed by atoms with Gasteiger partial charge in [0.15, 0.2) is 0 Å². The predicted octanol–water partition coefficient (Wildman–Crippen LogP) is 2.34. The smallest absolute Gasteiger partial charge is 0.262 e. The number of hydrogen-bond acceptors (Lipinski definition) is 3. The number of halogens is 1. The van der Waals surface area contributed by atoms with Gasteiger partial charge in [-0.1, -0.05) is 6.07 Å². The number of nitriles is 1. The first-order valence-electron chi connectivity index (χ1n) is 6.88. The molecule has 1 heterocycles. The SMILES string of the molecule is Cc1cc(/C=C(/C#N)C(=O)NC[C@H]2CCCO2)ccc1F. The molecule has 1 atom stereocenters. The van der Waals surface area contributed by atoms with Gasteiger partial charge in [0.1, 0.15) is 17.5 Å². The van der Waals surface area contributed by atoms with E-state index in [4.69, 9.17) is 10.00 Å². The zero-order valence-corrected chi connectivity index (χ0v) is 11.9. The van der Waals surface area contributed by atoms with E-state index in [1.807, 2.05) is 6.07 Å². The van der Waals surface area contributed by atoms with E-state index in [-0.39, 0.29) is 17.5 Å². The summed E-state index contributed by atoms with van der Waals surface area (Å²) in [7, 11) is 0. The summed E-state index contributed by atoms with van der Waals surface area (Å²) in [5.74, 6) is -0.747. The molecule has 1 aliphatic rings. The Morgan fingerprint density at radius 2 is 2.43 bits per heavy atom. The third-order valence-electron chi connectivity index (χ3n) is 3.37. The topological polar surface area (TPSA) is 62.1 Å². The van der Waals surface area contributed by atoms with Crippen molar-refractivity contribution in [3.8, 4) is 6.07 Å². The van der Waals surface area contributed by atoms with Crippen LogP contribution >= 0.6 is 0 Å². The van der Waals surface area contributed by atoms with Gasteiger partial charge in [0.2, 0.25) is 0 Å². The van der Waals surface area contributed by atoms with Gasteiger partial charge < -0.3 is 10.1 Å². The lowest BCUT2D eigenvalue weighted by Gasteiger charge is -2.10. The van der Waals surface area contributed by atoms with Crippen LogP contribution in [0, 0.1) is 24.1 Å². The molecular weight excluding hydrogens is 271 g/mol. The first-order chi connectivity index (χ1) is 10.1. The van der Waals surface area contributed by atoms with Crippen molar-refractivity contribution in [2.24, 2.45) is 0 Å². The lowest BCUT2D eigenvalue weighted by atomic mass is 10.1. The first kappa shape index (κ1) is 15.2. The van der Waals surface area contributed by atoms with Crippen LogP contribution in [-0.4, -0.2) is 25.2 Å². The number of aryl methyl sites for hydroxylation is 1. The standard InChI is InChI=1S/C16H17FN2O2/c1-11-7-12(4-5-15(11)17)8-13(9-18)16(20)19-10-14-3-2-6-21-14/h4-5,7-8,14H,2-3,6,10H2,1H3,(H,19,20)/b13-8-/t14-/m1/s1. The van der Waals surface area contributed by atoms with Gasteiger partial charge in [-0.2, -0.15) is 5.26 Å². The first-order valence-corrected chi connectivity index (χ1v) is 6.88. The number of ether oxygens (including phenoxy) is 1. The number of rotatable bonds is 4. The molecule has 5 heteroatoms. The third-order valence-corrected chi connectivity index (χ3v) is 3.37. The van der Waals surface area contributed by atoms with Crippen LogP contribution in [0.3, 0.4) is 0 Å². The van der Waals surface area contributed by atoms with Gasteiger partial charge in [0, 0.05) is 13.2 Å². The number of amides is 1. The molecule has 0 bridgehead atoms. The Bertz CT molecular complexity index is 599. The van der Waals surface area contributed by atoms with Gasteiger partial charge in [0.05, 0.1) is 6.10 Å². The quantitative estimate of drug-likeness (QED) is 0.683.